The van der Waals surface area contributed by atoms with Crippen LogP contribution in [0, 0.1) is 0 Å². The summed E-state index contributed by atoms with van der Waals surface area (Å²) in [4.78, 5) is 25.1. The van der Waals surface area contributed by atoms with Crippen LogP contribution in [0.1, 0.15) is 10.4 Å². The SMILES string of the molecule is CNC(=O)NCC(=O)c1ccc(N2CCOCC2)cc1. The summed E-state index contributed by atoms with van der Waals surface area (Å²) >= 11 is 0. The molecule has 1 heterocycles. The zero-order valence-corrected chi connectivity index (χ0v) is 11.5. The number of carbonyl (C=O) groups excluding carboxylic acids is 2. The van der Waals surface area contributed by atoms with Gasteiger partial charge in [0.25, 0.3) is 0 Å². The highest BCUT2D eigenvalue weighted by atomic mass is 16.5. The lowest BCUT2D eigenvalue weighted by Gasteiger charge is -2.28. The molecule has 1 aromatic rings. The molecule has 0 aliphatic carbocycles. The minimum absolute atomic E-state index is 0.00340. The summed E-state index contributed by atoms with van der Waals surface area (Å²) in [5, 5.41) is 4.89. The van der Waals surface area contributed by atoms with E-state index in [-0.39, 0.29) is 18.4 Å². The van der Waals surface area contributed by atoms with E-state index in [1.54, 1.807) is 12.1 Å². The van der Waals surface area contributed by atoms with Gasteiger partial charge in [-0.3, -0.25) is 4.79 Å². The molecule has 0 bridgehead atoms. The first-order chi connectivity index (χ1) is 9.70. The summed E-state index contributed by atoms with van der Waals surface area (Å²) in [6.45, 7) is 3.20. The Bertz CT molecular complexity index is 467. The van der Waals surface area contributed by atoms with Gasteiger partial charge in [0.05, 0.1) is 19.8 Å². The number of carbonyl (C=O) groups is 2. The van der Waals surface area contributed by atoms with Gasteiger partial charge in [0.1, 0.15) is 0 Å². The van der Waals surface area contributed by atoms with Crippen LogP contribution in [0.4, 0.5) is 10.5 Å². The van der Waals surface area contributed by atoms with Gasteiger partial charge in [-0.25, -0.2) is 4.79 Å². The van der Waals surface area contributed by atoms with Crippen molar-refractivity contribution >= 4 is 17.5 Å². The quantitative estimate of drug-likeness (QED) is 0.792. The number of ketones is 1. The summed E-state index contributed by atoms with van der Waals surface area (Å²) in [7, 11) is 1.51. The molecular weight excluding hydrogens is 258 g/mol. The second-order valence-electron chi connectivity index (χ2n) is 4.50. The number of morpholine rings is 1. The molecule has 1 aliphatic heterocycles. The molecule has 0 aromatic heterocycles. The topological polar surface area (TPSA) is 70.7 Å². The first-order valence-electron chi connectivity index (χ1n) is 6.62. The molecule has 6 heteroatoms. The molecule has 1 saturated heterocycles. The Morgan fingerprint density at radius 2 is 1.85 bits per heavy atom. The summed E-state index contributed by atoms with van der Waals surface area (Å²) in [5.74, 6) is -0.109. The van der Waals surface area contributed by atoms with Gasteiger partial charge in [0.15, 0.2) is 5.78 Å². The molecule has 1 aliphatic rings. The Kier molecular flexibility index (Phi) is 4.95. The summed E-state index contributed by atoms with van der Waals surface area (Å²) < 4.78 is 5.31. The van der Waals surface area contributed by atoms with Crippen molar-refractivity contribution in [2.24, 2.45) is 0 Å². The monoisotopic (exact) mass is 277 g/mol. The first-order valence-corrected chi connectivity index (χ1v) is 6.62. The molecule has 0 radical (unpaired) electrons. The average molecular weight is 277 g/mol. The van der Waals surface area contributed by atoms with Crippen LogP contribution in [-0.4, -0.2) is 51.7 Å². The number of nitrogens with zero attached hydrogens (tertiary/aromatic N) is 1. The molecule has 2 amide bonds. The fourth-order valence-electron chi connectivity index (χ4n) is 2.03. The van der Waals surface area contributed by atoms with E-state index in [1.165, 1.54) is 7.05 Å². The van der Waals surface area contributed by atoms with Crippen molar-refractivity contribution in [1.29, 1.82) is 0 Å². The highest BCUT2D eigenvalue weighted by Crippen LogP contribution is 2.16. The number of anilines is 1. The largest absolute Gasteiger partial charge is 0.378 e. The maximum atomic E-state index is 11.9. The van der Waals surface area contributed by atoms with Crippen molar-refractivity contribution < 1.29 is 14.3 Å². The number of Topliss-reactive ketones (excluding diaryl/α,β-unsaturated/α-hetero) is 1. The number of urea groups is 1. The highest BCUT2D eigenvalue weighted by molar-refractivity contribution is 5.99. The van der Waals surface area contributed by atoms with Crippen LogP contribution >= 0.6 is 0 Å². The average Bonchev–Trinajstić information content (AvgIpc) is 2.53. The lowest BCUT2D eigenvalue weighted by Crippen LogP contribution is -2.36. The van der Waals surface area contributed by atoms with Gasteiger partial charge in [-0.15, -0.1) is 0 Å². The van der Waals surface area contributed by atoms with Gasteiger partial charge in [-0.1, -0.05) is 0 Å². The van der Waals surface area contributed by atoms with E-state index in [9.17, 15) is 9.59 Å². The number of hydrogen-bond donors (Lipinski definition) is 2. The van der Waals surface area contributed by atoms with Crippen LogP contribution in [0.25, 0.3) is 0 Å². The van der Waals surface area contributed by atoms with E-state index in [0.29, 0.717) is 5.56 Å². The fourth-order valence-corrected chi connectivity index (χ4v) is 2.03. The van der Waals surface area contributed by atoms with E-state index in [4.69, 9.17) is 4.74 Å². The van der Waals surface area contributed by atoms with Crippen LogP contribution in [-0.2, 0) is 4.74 Å². The van der Waals surface area contributed by atoms with Gasteiger partial charge in [0, 0.05) is 31.4 Å². The Morgan fingerprint density at radius 1 is 1.20 bits per heavy atom. The predicted octanol–water partition coefficient (Wildman–Crippen LogP) is 0.635. The molecule has 2 rings (SSSR count). The van der Waals surface area contributed by atoms with Gasteiger partial charge >= 0.3 is 6.03 Å². The van der Waals surface area contributed by atoms with Gasteiger partial charge < -0.3 is 20.3 Å². The molecule has 0 unspecified atom stereocenters. The van der Waals surface area contributed by atoms with Gasteiger partial charge in [-0.2, -0.15) is 0 Å². The molecule has 2 N–H and O–H groups in total. The minimum atomic E-state index is -0.358. The van der Waals surface area contributed by atoms with Crippen molar-refractivity contribution in [3.05, 3.63) is 29.8 Å². The van der Waals surface area contributed by atoms with Crippen molar-refractivity contribution in [1.82, 2.24) is 10.6 Å². The molecule has 108 valence electrons. The zero-order valence-electron chi connectivity index (χ0n) is 11.5. The second kappa shape index (κ2) is 6.91. The van der Waals surface area contributed by atoms with Crippen molar-refractivity contribution in [3.8, 4) is 0 Å². The third-order valence-electron chi connectivity index (χ3n) is 3.20. The third kappa shape index (κ3) is 3.71. The van der Waals surface area contributed by atoms with E-state index in [0.717, 1.165) is 32.0 Å². The summed E-state index contributed by atoms with van der Waals surface area (Å²) in [6.07, 6.45) is 0. The second-order valence-corrected chi connectivity index (χ2v) is 4.50. The third-order valence-corrected chi connectivity index (χ3v) is 3.20. The van der Waals surface area contributed by atoms with Crippen molar-refractivity contribution in [2.45, 2.75) is 0 Å². The fraction of sp³-hybridized carbons (Fsp3) is 0.429. The zero-order chi connectivity index (χ0) is 14.4. The molecule has 0 atom stereocenters. The Labute approximate surface area is 118 Å². The van der Waals surface area contributed by atoms with E-state index < -0.39 is 0 Å². The lowest BCUT2D eigenvalue weighted by atomic mass is 10.1. The standard InChI is InChI=1S/C14H19N3O3/c1-15-14(19)16-10-13(18)11-2-4-12(5-3-11)17-6-8-20-9-7-17/h2-5H,6-10H2,1H3,(H2,15,16,19). The number of hydrogen-bond acceptors (Lipinski definition) is 4. The van der Waals surface area contributed by atoms with Crippen LogP contribution in [0.5, 0.6) is 0 Å². The number of amides is 2. The normalized spacial score (nSPS) is 14.8. The van der Waals surface area contributed by atoms with Gasteiger partial charge in [-0.05, 0) is 24.3 Å². The molecule has 0 saturated carbocycles. The lowest BCUT2D eigenvalue weighted by molar-refractivity contribution is 0.0992. The predicted molar refractivity (Wildman–Crippen MR) is 76.3 cm³/mol. The maximum absolute atomic E-state index is 11.9. The minimum Gasteiger partial charge on any atom is -0.378 e. The number of ether oxygens (including phenoxy) is 1. The van der Waals surface area contributed by atoms with Crippen molar-refractivity contribution in [2.75, 3.05) is 44.8 Å². The molecule has 1 fully saturated rings. The van der Waals surface area contributed by atoms with Crippen LogP contribution < -0.4 is 15.5 Å². The van der Waals surface area contributed by atoms with Crippen molar-refractivity contribution in [3.63, 3.8) is 0 Å². The van der Waals surface area contributed by atoms with Crippen LogP contribution in [0.2, 0.25) is 0 Å². The van der Waals surface area contributed by atoms with E-state index in [1.807, 2.05) is 12.1 Å². The molecule has 20 heavy (non-hydrogen) atoms. The highest BCUT2D eigenvalue weighted by Gasteiger charge is 2.12. The Morgan fingerprint density at radius 3 is 2.45 bits per heavy atom. The maximum Gasteiger partial charge on any atom is 0.314 e. The number of rotatable bonds is 4. The Balaban J connectivity index is 1.93. The summed E-state index contributed by atoms with van der Waals surface area (Å²) in [5.41, 5.74) is 1.68. The first kappa shape index (κ1) is 14.3. The van der Waals surface area contributed by atoms with E-state index in [2.05, 4.69) is 15.5 Å². The molecule has 6 nitrogen and oxygen atoms in total. The van der Waals surface area contributed by atoms with E-state index >= 15 is 0 Å². The smallest absolute Gasteiger partial charge is 0.314 e. The summed E-state index contributed by atoms with van der Waals surface area (Å²) in [6, 6.07) is 7.08. The van der Waals surface area contributed by atoms with Gasteiger partial charge in [0.2, 0.25) is 0 Å². The number of nitrogens with one attached hydrogen (secondary N) is 2. The molecule has 0 spiro atoms. The van der Waals surface area contributed by atoms with Crippen LogP contribution in [0.15, 0.2) is 24.3 Å². The number of benzene rings is 1. The Hall–Kier alpha value is -2.08. The molecule has 1 aromatic carbocycles. The molecular formula is C14H19N3O3. The van der Waals surface area contributed by atoms with Crippen LogP contribution in [0.3, 0.4) is 0 Å².